The summed E-state index contributed by atoms with van der Waals surface area (Å²) in [4.78, 5) is 26.8. The van der Waals surface area contributed by atoms with Crippen molar-refractivity contribution in [1.29, 1.82) is 0 Å². The number of carbonyl (C=O) groups excluding carboxylic acids is 2. The fourth-order valence-electron chi connectivity index (χ4n) is 4.14. The maximum Gasteiger partial charge on any atom is 0.341 e. The van der Waals surface area contributed by atoms with E-state index >= 15 is 0 Å². The second kappa shape index (κ2) is 11.0. The lowest BCUT2D eigenvalue weighted by Gasteiger charge is -2.14. The Labute approximate surface area is 214 Å². The number of thiophene rings is 1. The van der Waals surface area contributed by atoms with E-state index in [1.807, 2.05) is 25.5 Å². The predicted molar refractivity (Wildman–Crippen MR) is 141 cm³/mol. The van der Waals surface area contributed by atoms with Crippen molar-refractivity contribution in [3.63, 3.8) is 0 Å². The third-order valence-corrected chi connectivity index (χ3v) is 8.20. The van der Waals surface area contributed by atoms with Crippen molar-refractivity contribution < 1.29 is 14.3 Å². The van der Waals surface area contributed by atoms with Gasteiger partial charge in [0.25, 0.3) is 0 Å². The van der Waals surface area contributed by atoms with Crippen molar-refractivity contribution in [2.24, 2.45) is 7.05 Å². The molecule has 1 aromatic carbocycles. The maximum atomic E-state index is 12.9. The molecule has 2 aromatic heterocycles. The Morgan fingerprint density at radius 2 is 1.83 bits per heavy atom. The molecule has 9 heteroatoms. The van der Waals surface area contributed by atoms with Gasteiger partial charge in [0.15, 0.2) is 11.0 Å². The number of nitrogens with zero attached hydrogens (tertiary/aromatic N) is 3. The van der Waals surface area contributed by atoms with Gasteiger partial charge in [0.1, 0.15) is 5.00 Å². The lowest BCUT2D eigenvalue weighted by Crippen LogP contribution is -2.19. The Kier molecular flexibility index (Phi) is 7.96. The van der Waals surface area contributed by atoms with Crippen LogP contribution in [0.2, 0.25) is 0 Å². The molecular formula is C26H32N4O3S2. The summed E-state index contributed by atoms with van der Waals surface area (Å²) >= 11 is 2.82. The summed E-state index contributed by atoms with van der Waals surface area (Å²) in [5, 5.41) is 12.8. The summed E-state index contributed by atoms with van der Waals surface area (Å²) < 4.78 is 7.38. The lowest BCUT2D eigenvalue weighted by atomic mass is 9.95. The quantitative estimate of drug-likeness (QED) is 0.301. The number of anilines is 1. The smallest absolute Gasteiger partial charge is 0.341 e. The van der Waals surface area contributed by atoms with Gasteiger partial charge in [-0.25, -0.2) is 4.79 Å². The van der Waals surface area contributed by atoms with Crippen LogP contribution in [0.3, 0.4) is 0 Å². The minimum Gasteiger partial charge on any atom is -0.459 e. The molecule has 0 bridgehead atoms. The highest BCUT2D eigenvalue weighted by atomic mass is 32.2. The average Bonchev–Trinajstić information content (AvgIpc) is 3.37. The summed E-state index contributed by atoms with van der Waals surface area (Å²) in [5.41, 5.74) is 3.83. The van der Waals surface area contributed by atoms with Gasteiger partial charge >= 0.3 is 5.97 Å². The van der Waals surface area contributed by atoms with Gasteiger partial charge in [0, 0.05) is 17.5 Å². The van der Waals surface area contributed by atoms with Crippen molar-refractivity contribution in [2.75, 3.05) is 11.1 Å². The highest BCUT2D eigenvalue weighted by molar-refractivity contribution is 7.99. The number of hydrogen-bond acceptors (Lipinski definition) is 7. The van der Waals surface area contributed by atoms with E-state index in [2.05, 4.69) is 53.6 Å². The van der Waals surface area contributed by atoms with Crippen molar-refractivity contribution in [3.8, 4) is 11.4 Å². The van der Waals surface area contributed by atoms with Crippen LogP contribution in [0.1, 0.15) is 72.8 Å². The zero-order valence-electron chi connectivity index (χ0n) is 20.9. The van der Waals surface area contributed by atoms with Crippen molar-refractivity contribution in [3.05, 3.63) is 45.8 Å². The summed E-state index contributed by atoms with van der Waals surface area (Å²) in [6.45, 7) is 8.00. The number of benzene rings is 1. The molecule has 0 atom stereocenters. The summed E-state index contributed by atoms with van der Waals surface area (Å²) in [5.74, 6) is 0.851. The Hall–Kier alpha value is -2.65. The minimum atomic E-state index is -0.358. The van der Waals surface area contributed by atoms with E-state index in [4.69, 9.17) is 4.74 Å². The monoisotopic (exact) mass is 512 g/mol. The molecule has 1 N–H and O–H groups in total. The van der Waals surface area contributed by atoms with Crippen LogP contribution in [0.25, 0.3) is 11.4 Å². The van der Waals surface area contributed by atoms with E-state index in [0.717, 1.165) is 42.6 Å². The molecule has 0 radical (unpaired) electrons. The number of amides is 1. The van der Waals surface area contributed by atoms with Crippen LogP contribution in [-0.4, -0.2) is 38.5 Å². The zero-order chi connectivity index (χ0) is 25.1. The second-order valence-corrected chi connectivity index (χ2v) is 11.4. The first-order chi connectivity index (χ1) is 16.7. The molecule has 186 valence electrons. The van der Waals surface area contributed by atoms with Gasteiger partial charge in [-0.3, -0.25) is 4.79 Å². The number of carbonyl (C=O) groups is 2. The largest absolute Gasteiger partial charge is 0.459 e. The lowest BCUT2D eigenvalue weighted by molar-refractivity contribution is -0.113. The van der Waals surface area contributed by atoms with Crippen molar-refractivity contribution >= 4 is 40.0 Å². The highest BCUT2D eigenvalue weighted by Gasteiger charge is 2.28. The fraction of sp³-hybridized carbons (Fsp3) is 0.462. The van der Waals surface area contributed by atoms with E-state index in [9.17, 15) is 9.59 Å². The van der Waals surface area contributed by atoms with E-state index in [1.165, 1.54) is 33.5 Å². The predicted octanol–water partition coefficient (Wildman–Crippen LogP) is 5.84. The molecule has 0 spiro atoms. The first kappa shape index (κ1) is 25.4. The van der Waals surface area contributed by atoms with E-state index in [-0.39, 0.29) is 23.7 Å². The normalized spacial score (nSPS) is 13.2. The third-order valence-electron chi connectivity index (χ3n) is 5.97. The third kappa shape index (κ3) is 5.78. The number of esters is 1. The highest BCUT2D eigenvalue weighted by Crippen LogP contribution is 2.39. The number of aryl methyl sites for hydroxylation is 1. The number of nitrogens with one attached hydrogen (secondary N) is 1. The Bertz CT molecular complexity index is 1210. The van der Waals surface area contributed by atoms with E-state index in [1.54, 1.807) is 0 Å². The van der Waals surface area contributed by atoms with Gasteiger partial charge in [0.05, 0.1) is 17.4 Å². The molecule has 1 aliphatic rings. The number of hydrogen-bond donors (Lipinski definition) is 1. The molecule has 7 nitrogen and oxygen atoms in total. The van der Waals surface area contributed by atoms with Crippen LogP contribution in [0.5, 0.6) is 0 Å². The molecule has 35 heavy (non-hydrogen) atoms. The summed E-state index contributed by atoms with van der Waals surface area (Å²) in [6, 6.07) is 8.32. The molecule has 3 aromatic rings. The summed E-state index contributed by atoms with van der Waals surface area (Å²) in [7, 11) is 1.90. The van der Waals surface area contributed by atoms with E-state index in [0.29, 0.717) is 21.6 Å². The second-order valence-electron chi connectivity index (χ2n) is 9.35. The van der Waals surface area contributed by atoms with Crippen LogP contribution in [0.15, 0.2) is 29.4 Å². The van der Waals surface area contributed by atoms with E-state index < -0.39 is 0 Å². The fourth-order valence-corrected chi connectivity index (χ4v) is 6.15. The van der Waals surface area contributed by atoms with Crippen LogP contribution in [0, 0.1) is 0 Å². The number of thioether (sulfide) groups is 1. The zero-order valence-corrected chi connectivity index (χ0v) is 22.5. The van der Waals surface area contributed by atoms with Crippen LogP contribution < -0.4 is 5.32 Å². The van der Waals surface area contributed by atoms with Gasteiger partial charge < -0.3 is 14.6 Å². The Morgan fingerprint density at radius 1 is 1.11 bits per heavy atom. The number of ether oxygens (including phenoxy) is 1. The molecule has 1 amide bonds. The van der Waals surface area contributed by atoms with Crippen LogP contribution in [-0.2, 0) is 29.4 Å². The molecule has 2 heterocycles. The Morgan fingerprint density at radius 3 is 2.51 bits per heavy atom. The number of rotatable bonds is 8. The number of fused-ring (bicyclic) bond motifs is 1. The standard InChI is InChI=1S/C26H32N4O3S2/c1-15(2)17-10-12-18(13-11-17)23-28-29-26(30(23)5)34-14-21(31)27-24-22(25(32)33-16(3)4)19-8-6-7-9-20(19)35-24/h10-13,15-16H,6-9,14H2,1-5H3,(H,27,31). The van der Waals surface area contributed by atoms with Gasteiger partial charge in [-0.2, -0.15) is 0 Å². The molecule has 0 fully saturated rings. The molecular weight excluding hydrogens is 480 g/mol. The van der Waals surface area contributed by atoms with Gasteiger partial charge in [-0.15, -0.1) is 21.5 Å². The summed E-state index contributed by atoms with van der Waals surface area (Å²) in [6.07, 6.45) is 3.71. The topological polar surface area (TPSA) is 86.1 Å². The Balaban J connectivity index is 1.45. The average molecular weight is 513 g/mol. The van der Waals surface area contributed by atoms with Gasteiger partial charge in [-0.1, -0.05) is 49.9 Å². The molecule has 0 saturated heterocycles. The van der Waals surface area contributed by atoms with Crippen LogP contribution >= 0.6 is 23.1 Å². The first-order valence-corrected chi connectivity index (χ1v) is 13.8. The SMILES string of the molecule is CC(C)OC(=O)c1c(NC(=O)CSc2nnc(-c3ccc(C(C)C)cc3)n2C)sc2c1CCCC2. The van der Waals surface area contributed by atoms with Crippen molar-refractivity contribution in [2.45, 2.75) is 70.6 Å². The molecule has 1 aliphatic carbocycles. The van der Waals surface area contributed by atoms with Gasteiger partial charge in [0.2, 0.25) is 5.91 Å². The van der Waals surface area contributed by atoms with Gasteiger partial charge in [-0.05, 0) is 56.6 Å². The first-order valence-electron chi connectivity index (χ1n) is 12.0. The molecule has 4 rings (SSSR count). The van der Waals surface area contributed by atoms with Crippen LogP contribution in [0.4, 0.5) is 5.00 Å². The van der Waals surface area contributed by atoms with Crippen molar-refractivity contribution in [1.82, 2.24) is 14.8 Å². The molecule has 0 aliphatic heterocycles. The minimum absolute atomic E-state index is 0.166. The molecule has 0 unspecified atom stereocenters. The number of aromatic nitrogens is 3. The molecule has 0 saturated carbocycles. The maximum absolute atomic E-state index is 12.9.